The molecule has 1 aliphatic rings. The van der Waals surface area contributed by atoms with Gasteiger partial charge in [0.1, 0.15) is 0 Å². The summed E-state index contributed by atoms with van der Waals surface area (Å²) in [5, 5.41) is 8.58. The van der Waals surface area contributed by atoms with Gasteiger partial charge < -0.3 is 10.6 Å². The molecule has 0 bridgehead atoms. The smallest absolute Gasteiger partial charge is 0.186 e. The zero-order chi connectivity index (χ0) is 11.2. The largest absolute Gasteiger partial charge is 0.316 e. The highest BCUT2D eigenvalue weighted by Gasteiger charge is 2.13. The lowest BCUT2D eigenvalue weighted by molar-refractivity contribution is 0.0993. The number of hydrogen-bond acceptors (Lipinski definition) is 4. The molecule has 2 heterocycles. The van der Waals surface area contributed by atoms with E-state index in [0.717, 1.165) is 24.5 Å². The zero-order valence-electron chi connectivity index (χ0n) is 9.78. The molecule has 0 aromatic carbocycles. The summed E-state index contributed by atoms with van der Waals surface area (Å²) in [7, 11) is 0. The molecule has 1 aromatic heterocycles. The van der Waals surface area contributed by atoms with Gasteiger partial charge in [-0.3, -0.25) is 4.79 Å². The number of piperidine rings is 1. The molecular formula is C12H19ClN2OS. The molecule has 1 atom stereocenters. The quantitative estimate of drug-likeness (QED) is 0.807. The predicted molar refractivity (Wildman–Crippen MR) is 74.4 cm³/mol. The molecule has 0 saturated carbocycles. The van der Waals surface area contributed by atoms with Crippen molar-refractivity contribution in [1.82, 2.24) is 10.6 Å². The fraction of sp³-hybridized carbons (Fsp3) is 0.583. The number of Topliss-reactive ketones (excluding diaryl/α,β-unsaturated/α-hetero) is 1. The highest BCUT2D eigenvalue weighted by molar-refractivity contribution is 7.12. The number of carbonyl (C=O) groups is 1. The molecule has 5 heteroatoms. The number of rotatable bonds is 5. The Hall–Kier alpha value is -0.420. The maximum Gasteiger partial charge on any atom is 0.186 e. The molecule has 0 aliphatic carbocycles. The van der Waals surface area contributed by atoms with Crippen LogP contribution in [0.5, 0.6) is 0 Å². The lowest BCUT2D eigenvalue weighted by Crippen LogP contribution is -2.37. The lowest BCUT2D eigenvalue weighted by atomic mass is 10.00. The van der Waals surface area contributed by atoms with E-state index in [2.05, 4.69) is 10.6 Å². The molecule has 0 spiro atoms. The van der Waals surface area contributed by atoms with Crippen molar-refractivity contribution >= 4 is 29.5 Å². The van der Waals surface area contributed by atoms with Crippen LogP contribution in [-0.4, -0.2) is 32.0 Å². The lowest BCUT2D eigenvalue weighted by Gasteiger charge is -2.22. The maximum absolute atomic E-state index is 11.7. The van der Waals surface area contributed by atoms with Crippen molar-refractivity contribution in [2.24, 2.45) is 5.92 Å². The number of ketones is 1. The molecule has 0 radical (unpaired) electrons. The summed E-state index contributed by atoms with van der Waals surface area (Å²) in [5.41, 5.74) is 0. The van der Waals surface area contributed by atoms with Crippen molar-refractivity contribution in [3.05, 3.63) is 22.4 Å². The van der Waals surface area contributed by atoms with Crippen molar-refractivity contribution in [2.45, 2.75) is 12.8 Å². The minimum Gasteiger partial charge on any atom is -0.316 e. The minimum atomic E-state index is 0. The van der Waals surface area contributed by atoms with E-state index in [1.54, 1.807) is 0 Å². The van der Waals surface area contributed by atoms with Crippen LogP contribution in [0, 0.1) is 5.92 Å². The van der Waals surface area contributed by atoms with Gasteiger partial charge in [-0.05, 0) is 49.8 Å². The molecular weight excluding hydrogens is 256 g/mol. The Morgan fingerprint density at radius 1 is 1.59 bits per heavy atom. The summed E-state index contributed by atoms with van der Waals surface area (Å²) in [6.45, 7) is 3.64. The summed E-state index contributed by atoms with van der Waals surface area (Å²) >= 11 is 1.52. The van der Waals surface area contributed by atoms with Gasteiger partial charge >= 0.3 is 0 Å². The van der Waals surface area contributed by atoms with Gasteiger partial charge in [-0.2, -0.15) is 0 Å². The number of nitrogens with one attached hydrogen (secondary N) is 2. The topological polar surface area (TPSA) is 41.1 Å². The number of carbonyl (C=O) groups excluding carboxylic acids is 1. The first-order valence-corrected chi connectivity index (χ1v) is 6.72. The van der Waals surface area contributed by atoms with Crippen LogP contribution in [0.2, 0.25) is 0 Å². The summed E-state index contributed by atoms with van der Waals surface area (Å²) in [6.07, 6.45) is 2.53. The molecule has 96 valence electrons. The van der Waals surface area contributed by atoms with Crippen LogP contribution < -0.4 is 10.6 Å². The van der Waals surface area contributed by atoms with Crippen LogP contribution in [0.15, 0.2) is 17.5 Å². The van der Waals surface area contributed by atoms with Crippen molar-refractivity contribution in [1.29, 1.82) is 0 Å². The van der Waals surface area contributed by atoms with Crippen molar-refractivity contribution in [2.75, 3.05) is 26.2 Å². The van der Waals surface area contributed by atoms with Crippen molar-refractivity contribution in [3.8, 4) is 0 Å². The fourth-order valence-electron chi connectivity index (χ4n) is 2.01. The van der Waals surface area contributed by atoms with Crippen LogP contribution in [0.1, 0.15) is 22.5 Å². The first kappa shape index (κ1) is 14.6. The third kappa shape index (κ3) is 4.76. The van der Waals surface area contributed by atoms with Gasteiger partial charge in [0.2, 0.25) is 0 Å². The third-order valence-electron chi connectivity index (χ3n) is 2.91. The minimum absolute atomic E-state index is 0. The van der Waals surface area contributed by atoms with Crippen LogP contribution in [0.4, 0.5) is 0 Å². The Labute approximate surface area is 112 Å². The molecule has 2 N–H and O–H groups in total. The van der Waals surface area contributed by atoms with E-state index in [-0.39, 0.29) is 18.2 Å². The molecule has 1 fully saturated rings. The normalized spacial score (nSPS) is 19.6. The number of thiophene rings is 1. The number of halogens is 1. The van der Waals surface area contributed by atoms with E-state index < -0.39 is 0 Å². The van der Waals surface area contributed by atoms with E-state index in [9.17, 15) is 4.79 Å². The average molecular weight is 275 g/mol. The molecule has 3 nitrogen and oxygen atoms in total. The van der Waals surface area contributed by atoms with Gasteiger partial charge in [0, 0.05) is 0 Å². The zero-order valence-corrected chi connectivity index (χ0v) is 11.4. The highest BCUT2D eigenvalue weighted by atomic mass is 35.5. The third-order valence-corrected chi connectivity index (χ3v) is 3.82. The average Bonchev–Trinajstić information content (AvgIpc) is 2.84. The van der Waals surface area contributed by atoms with E-state index in [1.807, 2.05) is 17.5 Å². The molecule has 17 heavy (non-hydrogen) atoms. The van der Waals surface area contributed by atoms with Crippen molar-refractivity contribution < 1.29 is 4.79 Å². The molecule has 1 aliphatic heterocycles. The fourth-order valence-corrected chi connectivity index (χ4v) is 2.68. The van der Waals surface area contributed by atoms with Crippen molar-refractivity contribution in [3.63, 3.8) is 0 Å². The Bertz CT molecular complexity index is 323. The van der Waals surface area contributed by atoms with Gasteiger partial charge in [-0.25, -0.2) is 0 Å². The summed E-state index contributed by atoms with van der Waals surface area (Å²) in [4.78, 5) is 12.5. The molecule has 1 aromatic rings. The van der Waals surface area contributed by atoms with Crippen LogP contribution in [0.3, 0.4) is 0 Å². The SMILES string of the molecule is Cl.O=C(CNCC1CCCNC1)c1cccs1. The highest BCUT2D eigenvalue weighted by Crippen LogP contribution is 2.10. The second-order valence-corrected chi connectivity index (χ2v) is 5.19. The Morgan fingerprint density at radius 3 is 3.12 bits per heavy atom. The Morgan fingerprint density at radius 2 is 2.47 bits per heavy atom. The van der Waals surface area contributed by atoms with Crippen LogP contribution >= 0.6 is 23.7 Å². The van der Waals surface area contributed by atoms with Gasteiger partial charge in [0.15, 0.2) is 5.78 Å². The standard InChI is InChI=1S/C12H18N2OS.ClH/c15-11(12-4-2-6-16-12)9-14-8-10-3-1-5-13-7-10;/h2,4,6,10,13-14H,1,3,5,7-9H2;1H. The summed E-state index contributed by atoms with van der Waals surface area (Å²) < 4.78 is 0. The van der Waals surface area contributed by atoms with Gasteiger partial charge in [-0.15, -0.1) is 23.7 Å². The Kier molecular flexibility index (Phi) is 6.73. The van der Waals surface area contributed by atoms with Gasteiger partial charge in [-0.1, -0.05) is 6.07 Å². The molecule has 1 saturated heterocycles. The number of hydrogen-bond donors (Lipinski definition) is 2. The molecule has 1 unspecified atom stereocenters. The first-order valence-electron chi connectivity index (χ1n) is 5.84. The first-order chi connectivity index (χ1) is 7.86. The Balaban J connectivity index is 0.00000144. The second-order valence-electron chi connectivity index (χ2n) is 4.24. The van der Waals surface area contributed by atoms with E-state index >= 15 is 0 Å². The van der Waals surface area contributed by atoms with Gasteiger partial charge in [0.05, 0.1) is 11.4 Å². The monoisotopic (exact) mass is 274 g/mol. The van der Waals surface area contributed by atoms with E-state index in [4.69, 9.17) is 0 Å². The predicted octanol–water partition coefficient (Wildman–Crippen LogP) is 1.94. The summed E-state index contributed by atoms with van der Waals surface area (Å²) in [6, 6.07) is 3.81. The molecule has 2 rings (SSSR count). The van der Waals surface area contributed by atoms with E-state index in [1.165, 1.54) is 24.2 Å². The van der Waals surface area contributed by atoms with Crippen LogP contribution in [0.25, 0.3) is 0 Å². The summed E-state index contributed by atoms with van der Waals surface area (Å²) in [5.74, 6) is 0.892. The second kappa shape index (κ2) is 7.82. The van der Waals surface area contributed by atoms with Gasteiger partial charge in [0.25, 0.3) is 0 Å². The van der Waals surface area contributed by atoms with E-state index in [0.29, 0.717) is 12.5 Å². The molecule has 0 amide bonds. The maximum atomic E-state index is 11.7. The van der Waals surface area contributed by atoms with Crippen LogP contribution in [-0.2, 0) is 0 Å².